The second-order valence-electron chi connectivity index (χ2n) is 7.34. The number of carboxylic acid groups (broad SMARTS) is 1. The molecule has 0 bridgehead atoms. The normalized spacial score (nSPS) is 15.3. The van der Waals surface area contributed by atoms with Gasteiger partial charge in [0.05, 0.1) is 29.3 Å². The molecule has 1 N–H and O–H groups in total. The minimum Gasteiger partial charge on any atom is -0.478 e. The molecule has 0 unspecified atom stereocenters. The Balaban J connectivity index is 1.77. The molecular formula is C22H17F2N3O3. The number of amides is 1. The third kappa shape index (κ3) is 3.62. The molecule has 152 valence electrons. The number of carbonyl (C=O) groups excluding carboxylic acids is 1. The molecular weight excluding hydrogens is 392 g/mol. The smallest absolute Gasteiger partial charge is 0.335 e. The largest absolute Gasteiger partial charge is 0.478 e. The maximum absolute atomic E-state index is 13.6. The Hall–Kier alpha value is -3.73. The Morgan fingerprint density at radius 1 is 1.13 bits per heavy atom. The van der Waals surface area contributed by atoms with E-state index in [1.165, 1.54) is 12.1 Å². The van der Waals surface area contributed by atoms with Gasteiger partial charge in [-0.1, -0.05) is 18.2 Å². The van der Waals surface area contributed by atoms with Gasteiger partial charge in [-0.15, -0.1) is 0 Å². The highest BCUT2D eigenvalue weighted by atomic mass is 19.3. The van der Waals surface area contributed by atoms with Crippen molar-refractivity contribution >= 4 is 22.8 Å². The number of alkyl halides is 2. The van der Waals surface area contributed by atoms with Crippen LogP contribution in [0.15, 0.2) is 48.5 Å². The van der Waals surface area contributed by atoms with E-state index in [1.807, 2.05) is 0 Å². The van der Waals surface area contributed by atoms with Gasteiger partial charge in [-0.05, 0) is 35.9 Å². The number of carbonyl (C=O) groups is 2. The zero-order chi connectivity index (χ0) is 21.5. The predicted molar refractivity (Wildman–Crippen MR) is 105 cm³/mol. The van der Waals surface area contributed by atoms with Crippen LogP contribution < -0.4 is 0 Å². The molecule has 6 nitrogen and oxygen atoms in total. The lowest BCUT2D eigenvalue weighted by molar-refractivity contribution is 0.0119. The second-order valence-corrected chi connectivity index (χ2v) is 7.34. The Morgan fingerprint density at radius 2 is 1.87 bits per heavy atom. The fourth-order valence-corrected chi connectivity index (χ4v) is 3.68. The molecule has 1 aliphatic rings. The van der Waals surface area contributed by atoms with Crippen molar-refractivity contribution in [2.75, 3.05) is 13.1 Å². The molecule has 1 fully saturated rings. The minimum atomic E-state index is -2.90. The highest BCUT2D eigenvalue weighted by Crippen LogP contribution is 2.30. The Labute approximate surface area is 170 Å². The number of rotatable bonds is 4. The zero-order valence-electron chi connectivity index (χ0n) is 15.8. The van der Waals surface area contributed by atoms with Crippen molar-refractivity contribution in [2.45, 2.75) is 18.9 Å². The maximum atomic E-state index is 13.6. The third-order valence-corrected chi connectivity index (χ3v) is 5.25. The van der Waals surface area contributed by atoms with Crippen molar-refractivity contribution in [2.24, 2.45) is 0 Å². The lowest BCUT2D eigenvalue weighted by atomic mass is 10.1. The molecule has 0 radical (unpaired) electrons. The molecule has 1 aromatic heterocycles. The molecule has 1 amide bonds. The van der Waals surface area contributed by atoms with Crippen molar-refractivity contribution in [3.05, 3.63) is 70.9 Å². The van der Waals surface area contributed by atoms with E-state index in [2.05, 4.69) is 6.07 Å². The van der Waals surface area contributed by atoms with E-state index < -0.39 is 24.3 Å². The van der Waals surface area contributed by atoms with Gasteiger partial charge >= 0.3 is 5.97 Å². The lowest BCUT2D eigenvalue weighted by Gasteiger charge is -2.18. The lowest BCUT2D eigenvalue weighted by Crippen LogP contribution is -2.32. The zero-order valence-corrected chi connectivity index (χ0v) is 15.8. The summed E-state index contributed by atoms with van der Waals surface area (Å²) in [4.78, 5) is 25.3. The Bertz CT molecular complexity index is 1190. The fraction of sp³-hybridized carbons (Fsp3) is 0.227. The first-order valence-electron chi connectivity index (χ1n) is 9.30. The quantitative estimate of drug-likeness (QED) is 0.711. The topological polar surface area (TPSA) is 86.3 Å². The van der Waals surface area contributed by atoms with Crippen LogP contribution in [-0.4, -0.2) is 45.5 Å². The highest BCUT2D eigenvalue weighted by molar-refractivity contribution is 5.99. The van der Waals surface area contributed by atoms with Gasteiger partial charge in [-0.25, -0.2) is 13.6 Å². The number of nitrogens with zero attached hydrogens (tertiary/aromatic N) is 3. The van der Waals surface area contributed by atoms with Crippen LogP contribution in [0.4, 0.5) is 8.78 Å². The summed E-state index contributed by atoms with van der Waals surface area (Å²) in [5, 5.41) is 19.0. The molecule has 30 heavy (non-hydrogen) atoms. The molecule has 0 atom stereocenters. The van der Waals surface area contributed by atoms with E-state index in [-0.39, 0.29) is 30.8 Å². The monoisotopic (exact) mass is 409 g/mol. The van der Waals surface area contributed by atoms with Crippen molar-refractivity contribution in [1.82, 2.24) is 9.47 Å². The van der Waals surface area contributed by atoms with E-state index in [1.54, 1.807) is 41.0 Å². The van der Waals surface area contributed by atoms with E-state index in [0.29, 0.717) is 16.5 Å². The molecule has 1 aliphatic heterocycles. The number of nitriles is 1. The Morgan fingerprint density at radius 3 is 2.47 bits per heavy atom. The van der Waals surface area contributed by atoms with Gasteiger partial charge < -0.3 is 14.6 Å². The van der Waals surface area contributed by atoms with E-state index in [4.69, 9.17) is 5.11 Å². The van der Waals surface area contributed by atoms with Crippen LogP contribution in [0.3, 0.4) is 0 Å². The first kappa shape index (κ1) is 19.6. The molecule has 0 saturated carbocycles. The van der Waals surface area contributed by atoms with Crippen LogP contribution in [0.1, 0.15) is 38.4 Å². The van der Waals surface area contributed by atoms with Gasteiger partial charge in [0, 0.05) is 24.9 Å². The molecule has 2 heterocycles. The first-order chi connectivity index (χ1) is 14.3. The molecule has 0 spiro atoms. The van der Waals surface area contributed by atoms with Crippen molar-refractivity contribution in [1.29, 1.82) is 5.26 Å². The van der Waals surface area contributed by atoms with E-state index >= 15 is 0 Å². The molecule has 0 aliphatic carbocycles. The third-order valence-electron chi connectivity index (χ3n) is 5.25. The van der Waals surface area contributed by atoms with E-state index in [9.17, 15) is 23.6 Å². The molecule has 4 rings (SSSR count). The van der Waals surface area contributed by atoms with Gasteiger partial charge in [0.2, 0.25) is 0 Å². The van der Waals surface area contributed by atoms with Crippen LogP contribution >= 0.6 is 0 Å². The number of hydrogen-bond acceptors (Lipinski definition) is 3. The SMILES string of the molecule is N#Cc1ccc2cc(C(=O)N3CCC(F)(F)C3)n(Cc3ccc(C(=O)O)cc3)c2c1. The second kappa shape index (κ2) is 7.26. The van der Waals surface area contributed by atoms with Crippen LogP contribution in [0.25, 0.3) is 10.9 Å². The number of hydrogen-bond donors (Lipinski definition) is 1. The fourth-order valence-electron chi connectivity index (χ4n) is 3.68. The van der Waals surface area contributed by atoms with Crippen LogP contribution in [0.2, 0.25) is 0 Å². The van der Waals surface area contributed by atoms with Gasteiger partial charge in [0.1, 0.15) is 5.69 Å². The number of halogens is 2. The summed E-state index contributed by atoms with van der Waals surface area (Å²) in [5.74, 6) is -4.44. The highest BCUT2D eigenvalue weighted by Gasteiger charge is 2.41. The van der Waals surface area contributed by atoms with Crippen molar-refractivity contribution < 1.29 is 23.5 Å². The summed E-state index contributed by atoms with van der Waals surface area (Å²) in [5.41, 5.74) is 2.17. The van der Waals surface area contributed by atoms with E-state index in [0.717, 1.165) is 10.5 Å². The van der Waals surface area contributed by atoms with Gasteiger partial charge in [0.25, 0.3) is 11.8 Å². The van der Waals surface area contributed by atoms with Crippen LogP contribution in [0.5, 0.6) is 0 Å². The predicted octanol–water partition coefficient (Wildman–Crippen LogP) is 3.74. The summed E-state index contributed by atoms with van der Waals surface area (Å²) in [6.45, 7) is -0.419. The summed E-state index contributed by atoms with van der Waals surface area (Å²) in [7, 11) is 0. The summed E-state index contributed by atoms with van der Waals surface area (Å²) in [6.07, 6.45) is -0.367. The number of fused-ring (bicyclic) bond motifs is 1. The van der Waals surface area contributed by atoms with Gasteiger partial charge in [-0.2, -0.15) is 5.26 Å². The molecule has 8 heteroatoms. The van der Waals surface area contributed by atoms with Crippen LogP contribution in [-0.2, 0) is 6.54 Å². The number of likely N-dealkylation sites (tertiary alicyclic amines) is 1. The average Bonchev–Trinajstić information content (AvgIpc) is 3.27. The number of aromatic nitrogens is 1. The summed E-state index contributed by atoms with van der Waals surface area (Å²) < 4.78 is 29.0. The maximum Gasteiger partial charge on any atom is 0.335 e. The molecule has 3 aromatic rings. The van der Waals surface area contributed by atoms with Gasteiger partial charge in [0.15, 0.2) is 0 Å². The van der Waals surface area contributed by atoms with Gasteiger partial charge in [-0.3, -0.25) is 4.79 Å². The average molecular weight is 409 g/mol. The Kier molecular flexibility index (Phi) is 4.74. The minimum absolute atomic E-state index is 0.0237. The van der Waals surface area contributed by atoms with Crippen molar-refractivity contribution in [3.63, 3.8) is 0 Å². The number of carboxylic acids is 1. The van der Waals surface area contributed by atoms with Crippen molar-refractivity contribution in [3.8, 4) is 6.07 Å². The standard InChI is InChI=1S/C22H17F2N3O3/c23-22(24)7-8-26(13-22)20(28)19-10-17-6-3-15(11-25)9-18(17)27(19)12-14-1-4-16(5-2-14)21(29)30/h1-6,9-10H,7-8,12-13H2,(H,29,30). The first-order valence-corrected chi connectivity index (χ1v) is 9.30. The summed E-state index contributed by atoms with van der Waals surface area (Å²) >= 11 is 0. The summed E-state index contributed by atoms with van der Waals surface area (Å²) in [6, 6.07) is 14.9. The molecule has 2 aromatic carbocycles. The van der Waals surface area contributed by atoms with Crippen LogP contribution in [0, 0.1) is 11.3 Å². The number of aromatic carboxylic acids is 1. The number of benzene rings is 2. The molecule has 1 saturated heterocycles.